The highest BCUT2D eigenvalue weighted by molar-refractivity contribution is 5.87. The Bertz CT molecular complexity index is 439. The largest absolute Gasteiger partial charge is 0.396 e. The number of aliphatic hydroxyl groups excluding tert-OH is 1. The third-order valence-corrected chi connectivity index (χ3v) is 6.40. The number of carbonyl (C=O) groups excluding carboxylic acids is 1. The van der Waals surface area contributed by atoms with Crippen molar-refractivity contribution in [3.63, 3.8) is 0 Å². The van der Waals surface area contributed by atoms with Crippen LogP contribution < -0.4 is 0 Å². The number of piperidine rings is 1. The number of likely N-dealkylation sites (tertiary alicyclic amines) is 2. The summed E-state index contributed by atoms with van der Waals surface area (Å²) in [6.45, 7) is 7.72. The number of allylic oxidation sites excluding steroid dienone is 1. The molecule has 4 heteroatoms. The molecule has 0 aromatic heterocycles. The maximum absolute atomic E-state index is 13.5. The molecule has 2 heterocycles. The summed E-state index contributed by atoms with van der Waals surface area (Å²) in [5.74, 6) is 0.346. The first kappa shape index (κ1) is 17.0. The quantitative estimate of drug-likeness (QED) is 0.792. The lowest BCUT2D eigenvalue weighted by molar-refractivity contribution is -0.148. The van der Waals surface area contributed by atoms with Crippen LogP contribution in [-0.4, -0.2) is 59.1 Å². The first-order valence-corrected chi connectivity index (χ1v) is 9.42. The van der Waals surface area contributed by atoms with Crippen molar-refractivity contribution in [3.05, 3.63) is 12.7 Å². The lowest BCUT2D eigenvalue weighted by Gasteiger charge is -2.46. The lowest BCUT2D eigenvalue weighted by atomic mass is 9.77. The minimum Gasteiger partial charge on any atom is -0.396 e. The standard InChI is InChI=1S/C19H32N2O2/c1-2-8-18(16-22)9-7-12-20(15-18)17(23)19(10-3-4-11-19)21-13-5-6-14-21/h2,22H,1,3-16H2/t18-/m0/s1. The van der Waals surface area contributed by atoms with Crippen LogP contribution in [0.25, 0.3) is 0 Å². The van der Waals surface area contributed by atoms with E-state index in [1.165, 1.54) is 25.7 Å². The van der Waals surface area contributed by atoms with Gasteiger partial charge in [0.05, 0.1) is 6.61 Å². The molecule has 23 heavy (non-hydrogen) atoms. The topological polar surface area (TPSA) is 43.8 Å². The van der Waals surface area contributed by atoms with E-state index in [1.807, 2.05) is 6.08 Å². The molecule has 0 aromatic rings. The van der Waals surface area contributed by atoms with E-state index in [4.69, 9.17) is 0 Å². The third-order valence-electron chi connectivity index (χ3n) is 6.40. The second-order valence-corrected chi connectivity index (χ2v) is 7.91. The third kappa shape index (κ3) is 3.08. The summed E-state index contributed by atoms with van der Waals surface area (Å²) in [6.07, 6.45) is 11.5. The summed E-state index contributed by atoms with van der Waals surface area (Å²) in [5, 5.41) is 9.92. The van der Waals surface area contributed by atoms with E-state index >= 15 is 0 Å². The van der Waals surface area contributed by atoms with E-state index in [2.05, 4.69) is 16.4 Å². The van der Waals surface area contributed by atoms with Crippen LogP contribution in [-0.2, 0) is 4.79 Å². The summed E-state index contributed by atoms with van der Waals surface area (Å²) in [6, 6.07) is 0. The maximum Gasteiger partial charge on any atom is 0.243 e. The fourth-order valence-corrected chi connectivity index (χ4v) is 5.11. The second kappa shape index (κ2) is 6.94. The average Bonchev–Trinajstić information content (AvgIpc) is 3.26. The predicted molar refractivity (Wildman–Crippen MR) is 92.2 cm³/mol. The molecule has 3 aliphatic rings. The fraction of sp³-hybridized carbons (Fsp3) is 0.842. The zero-order valence-electron chi connectivity index (χ0n) is 14.4. The smallest absolute Gasteiger partial charge is 0.243 e. The van der Waals surface area contributed by atoms with Gasteiger partial charge in [0, 0.05) is 18.5 Å². The lowest BCUT2D eigenvalue weighted by Crippen LogP contribution is -2.60. The summed E-state index contributed by atoms with van der Waals surface area (Å²) in [4.78, 5) is 18.0. The molecule has 1 aliphatic carbocycles. The van der Waals surface area contributed by atoms with Crippen molar-refractivity contribution in [1.82, 2.24) is 9.80 Å². The van der Waals surface area contributed by atoms with Crippen LogP contribution in [0.1, 0.15) is 57.8 Å². The van der Waals surface area contributed by atoms with Crippen LogP contribution in [0.15, 0.2) is 12.7 Å². The van der Waals surface area contributed by atoms with Crippen LogP contribution >= 0.6 is 0 Å². The molecule has 1 atom stereocenters. The Hall–Kier alpha value is -0.870. The Labute approximate surface area is 140 Å². The van der Waals surface area contributed by atoms with Crippen molar-refractivity contribution < 1.29 is 9.90 Å². The normalized spacial score (nSPS) is 31.4. The molecule has 0 spiro atoms. The molecule has 1 saturated carbocycles. The van der Waals surface area contributed by atoms with Crippen LogP contribution in [0.3, 0.4) is 0 Å². The Morgan fingerprint density at radius 1 is 1.04 bits per heavy atom. The van der Waals surface area contributed by atoms with E-state index in [-0.39, 0.29) is 17.6 Å². The van der Waals surface area contributed by atoms with Crippen molar-refractivity contribution in [3.8, 4) is 0 Å². The van der Waals surface area contributed by atoms with Crippen molar-refractivity contribution in [2.45, 2.75) is 63.3 Å². The second-order valence-electron chi connectivity index (χ2n) is 7.91. The Morgan fingerprint density at radius 2 is 1.74 bits per heavy atom. The number of carbonyl (C=O) groups is 1. The van der Waals surface area contributed by atoms with Crippen molar-refractivity contribution in [1.29, 1.82) is 0 Å². The van der Waals surface area contributed by atoms with Gasteiger partial charge in [-0.3, -0.25) is 9.69 Å². The van der Waals surface area contributed by atoms with Crippen molar-refractivity contribution in [2.24, 2.45) is 5.41 Å². The SMILES string of the molecule is C=CC[C@]1(CO)CCCN(C(=O)C2(N3CCCC3)CCCC2)C1. The number of amides is 1. The minimum absolute atomic E-state index is 0.152. The van der Waals surface area contributed by atoms with Gasteiger partial charge >= 0.3 is 0 Å². The van der Waals surface area contributed by atoms with Gasteiger partial charge in [-0.25, -0.2) is 0 Å². The molecule has 1 amide bonds. The van der Waals surface area contributed by atoms with Crippen LogP contribution in [0.4, 0.5) is 0 Å². The molecular weight excluding hydrogens is 288 g/mol. The van der Waals surface area contributed by atoms with E-state index in [1.54, 1.807) is 0 Å². The first-order chi connectivity index (χ1) is 11.2. The highest BCUT2D eigenvalue weighted by Gasteiger charge is 2.50. The van der Waals surface area contributed by atoms with Gasteiger partial charge in [0.1, 0.15) is 5.54 Å². The van der Waals surface area contributed by atoms with E-state index < -0.39 is 0 Å². The summed E-state index contributed by atoms with van der Waals surface area (Å²) in [5.41, 5.74) is -0.399. The molecule has 0 unspecified atom stereocenters. The minimum atomic E-state index is -0.233. The van der Waals surface area contributed by atoms with Gasteiger partial charge in [-0.1, -0.05) is 18.9 Å². The molecule has 4 nitrogen and oxygen atoms in total. The molecule has 130 valence electrons. The van der Waals surface area contributed by atoms with E-state index in [9.17, 15) is 9.90 Å². The van der Waals surface area contributed by atoms with Crippen LogP contribution in [0.2, 0.25) is 0 Å². The molecular formula is C19H32N2O2. The van der Waals surface area contributed by atoms with Crippen LogP contribution in [0.5, 0.6) is 0 Å². The average molecular weight is 320 g/mol. The summed E-state index contributed by atoms with van der Waals surface area (Å²) < 4.78 is 0. The predicted octanol–water partition coefficient (Wildman–Crippen LogP) is 2.57. The Balaban J connectivity index is 1.78. The van der Waals surface area contributed by atoms with E-state index in [0.29, 0.717) is 12.5 Å². The summed E-state index contributed by atoms with van der Waals surface area (Å²) >= 11 is 0. The molecule has 3 rings (SSSR count). The molecule has 2 aliphatic heterocycles. The summed E-state index contributed by atoms with van der Waals surface area (Å²) in [7, 11) is 0. The fourth-order valence-electron chi connectivity index (χ4n) is 5.11. The van der Waals surface area contributed by atoms with E-state index in [0.717, 1.165) is 51.7 Å². The highest BCUT2D eigenvalue weighted by Crippen LogP contribution is 2.41. The molecule has 2 saturated heterocycles. The van der Waals surface area contributed by atoms with Gasteiger partial charge in [-0.05, 0) is 58.0 Å². The number of hydrogen-bond acceptors (Lipinski definition) is 3. The van der Waals surface area contributed by atoms with Crippen LogP contribution in [0, 0.1) is 5.41 Å². The van der Waals surface area contributed by atoms with Gasteiger partial charge in [0.15, 0.2) is 0 Å². The van der Waals surface area contributed by atoms with Gasteiger partial charge in [0.25, 0.3) is 0 Å². The van der Waals surface area contributed by atoms with Gasteiger partial charge in [0.2, 0.25) is 5.91 Å². The number of nitrogens with zero attached hydrogens (tertiary/aromatic N) is 2. The Morgan fingerprint density at radius 3 is 2.35 bits per heavy atom. The molecule has 0 radical (unpaired) electrons. The highest BCUT2D eigenvalue weighted by atomic mass is 16.3. The zero-order valence-corrected chi connectivity index (χ0v) is 14.4. The maximum atomic E-state index is 13.5. The van der Waals surface area contributed by atoms with Gasteiger partial charge in [-0.2, -0.15) is 0 Å². The number of rotatable bonds is 5. The van der Waals surface area contributed by atoms with Gasteiger partial charge in [-0.15, -0.1) is 6.58 Å². The molecule has 0 aromatic carbocycles. The molecule has 1 N–H and O–H groups in total. The monoisotopic (exact) mass is 320 g/mol. The molecule has 3 fully saturated rings. The Kier molecular flexibility index (Phi) is 5.12. The zero-order chi connectivity index (χ0) is 16.3. The van der Waals surface area contributed by atoms with Crippen molar-refractivity contribution in [2.75, 3.05) is 32.8 Å². The van der Waals surface area contributed by atoms with Crippen molar-refractivity contribution >= 4 is 5.91 Å². The molecule has 0 bridgehead atoms. The van der Waals surface area contributed by atoms with Gasteiger partial charge < -0.3 is 10.0 Å². The number of aliphatic hydroxyl groups is 1. The number of hydrogen-bond donors (Lipinski definition) is 1. The first-order valence-electron chi connectivity index (χ1n) is 9.42.